The molecule has 0 aliphatic carbocycles. The van der Waals surface area contributed by atoms with Crippen LogP contribution in [0.3, 0.4) is 0 Å². The molecule has 0 bridgehead atoms. The number of nitrogens with zero attached hydrogens (tertiary/aromatic N) is 1. The highest BCUT2D eigenvalue weighted by Crippen LogP contribution is 2.35. The molecule has 1 aromatic rings. The lowest BCUT2D eigenvalue weighted by Crippen LogP contribution is -2.08. The van der Waals surface area contributed by atoms with Gasteiger partial charge in [-0.3, -0.25) is 0 Å². The Labute approximate surface area is 94.0 Å². The average molecular weight is 219 g/mol. The first-order chi connectivity index (χ1) is 7.72. The Hall–Kier alpha value is -1.73. The monoisotopic (exact) mass is 219 g/mol. The Morgan fingerprint density at radius 3 is 2.94 bits per heavy atom. The molecule has 2 unspecified atom stereocenters. The topological polar surface area (TPSA) is 62.5 Å². The number of aliphatic hydroxyl groups excluding tert-OH is 1. The van der Waals surface area contributed by atoms with E-state index in [1.54, 1.807) is 18.2 Å². The second kappa shape index (κ2) is 4.42. The number of hydrogen-bond donors (Lipinski definition) is 1. The van der Waals surface area contributed by atoms with Crippen LogP contribution in [0.5, 0.6) is 11.5 Å². The molecule has 1 N–H and O–H groups in total. The zero-order valence-corrected chi connectivity index (χ0v) is 9.01. The summed E-state index contributed by atoms with van der Waals surface area (Å²) in [6.07, 6.45) is -0.315. The van der Waals surface area contributed by atoms with E-state index in [0.29, 0.717) is 17.9 Å². The molecule has 1 aliphatic rings. The molecule has 0 radical (unpaired) electrons. The van der Waals surface area contributed by atoms with Crippen LogP contribution in [0.4, 0.5) is 0 Å². The van der Waals surface area contributed by atoms with Crippen molar-refractivity contribution >= 4 is 0 Å². The minimum Gasteiger partial charge on any atom is -0.454 e. The predicted molar refractivity (Wildman–Crippen MR) is 56.9 cm³/mol. The van der Waals surface area contributed by atoms with Crippen LogP contribution >= 0.6 is 0 Å². The summed E-state index contributed by atoms with van der Waals surface area (Å²) < 4.78 is 10.4. The Morgan fingerprint density at radius 1 is 1.44 bits per heavy atom. The molecule has 0 fully saturated rings. The summed E-state index contributed by atoms with van der Waals surface area (Å²) in [7, 11) is 0. The maximum Gasteiger partial charge on any atom is 0.231 e. The Kier molecular flexibility index (Phi) is 2.97. The standard InChI is InChI=1S/C12H13NO3/c1-8(4-5-13)12(14)9-2-3-10-11(6-9)16-7-15-10/h2-3,6,8,12,14H,4,7H2,1H3. The van der Waals surface area contributed by atoms with E-state index < -0.39 is 6.10 Å². The molecule has 0 saturated heterocycles. The Morgan fingerprint density at radius 2 is 2.19 bits per heavy atom. The van der Waals surface area contributed by atoms with E-state index in [4.69, 9.17) is 14.7 Å². The quantitative estimate of drug-likeness (QED) is 0.844. The number of benzene rings is 1. The summed E-state index contributed by atoms with van der Waals surface area (Å²) in [6, 6.07) is 7.39. The molecule has 0 spiro atoms. The van der Waals surface area contributed by atoms with Gasteiger partial charge in [-0.2, -0.15) is 5.26 Å². The zero-order valence-electron chi connectivity index (χ0n) is 9.01. The van der Waals surface area contributed by atoms with Gasteiger partial charge in [-0.15, -0.1) is 0 Å². The predicted octanol–water partition coefficient (Wildman–Crippen LogP) is 2.00. The largest absolute Gasteiger partial charge is 0.454 e. The number of ether oxygens (including phenoxy) is 2. The van der Waals surface area contributed by atoms with Crippen LogP contribution in [0.25, 0.3) is 0 Å². The zero-order chi connectivity index (χ0) is 11.5. The third kappa shape index (κ3) is 1.95. The fraction of sp³-hybridized carbons (Fsp3) is 0.417. The normalized spacial score (nSPS) is 16.6. The summed E-state index contributed by atoms with van der Waals surface area (Å²) >= 11 is 0. The first kappa shape index (κ1) is 10.8. The molecular formula is C12H13NO3. The second-order valence-corrected chi connectivity index (χ2v) is 3.90. The number of hydrogen-bond acceptors (Lipinski definition) is 4. The molecule has 1 aromatic carbocycles. The van der Waals surface area contributed by atoms with E-state index in [0.717, 1.165) is 5.56 Å². The van der Waals surface area contributed by atoms with Gasteiger partial charge in [-0.25, -0.2) is 0 Å². The highest BCUT2D eigenvalue weighted by atomic mass is 16.7. The summed E-state index contributed by atoms with van der Waals surface area (Å²) in [5.74, 6) is 1.26. The van der Waals surface area contributed by atoms with Crippen molar-refractivity contribution in [2.24, 2.45) is 5.92 Å². The van der Waals surface area contributed by atoms with Crippen LogP contribution < -0.4 is 9.47 Å². The second-order valence-electron chi connectivity index (χ2n) is 3.90. The molecule has 4 nitrogen and oxygen atoms in total. The van der Waals surface area contributed by atoms with Gasteiger partial charge in [0, 0.05) is 6.42 Å². The van der Waals surface area contributed by atoms with Crippen LogP contribution in [0.15, 0.2) is 18.2 Å². The van der Waals surface area contributed by atoms with Gasteiger partial charge in [-0.05, 0) is 23.6 Å². The van der Waals surface area contributed by atoms with E-state index in [2.05, 4.69) is 6.07 Å². The van der Waals surface area contributed by atoms with Crippen LogP contribution in [-0.4, -0.2) is 11.9 Å². The van der Waals surface area contributed by atoms with Gasteiger partial charge in [0.05, 0.1) is 12.2 Å². The van der Waals surface area contributed by atoms with E-state index in [-0.39, 0.29) is 12.7 Å². The molecule has 2 rings (SSSR count). The summed E-state index contributed by atoms with van der Waals surface area (Å²) in [6.45, 7) is 2.07. The van der Waals surface area contributed by atoms with Crippen molar-refractivity contribution in [2.75, 3.05) is 6.79 Å². The van der Waals surface area contributed by atoms with Crippen LogP contribution in [0.2, 0.25) is 0 Å². The fourth-order valence-corrected chi connectivity index (χ4v) is 1.68. The summed E-state index contributed by atoms with van der Waals surface area (Å²) in [5.41, 5.74) is 0.756. The first-order valence-corrected chi connectivity index (χ1v) is 5.17. The number of aliphatic hydroxyl groups is 1. The third-order valence-electron chi connectivity index (χ3n) is 2.69. The van der Waals surface area contributed by atoms with Crippen molar-refractivity contribution in [3.05, 3.63) is 23.8 Å². The van der Waals surface area contributed by atoms with E-state index >= 15 is 0 Å². The molecule has 0 saturated carbocycles. The maximum absolute atomic E-state index is 10.0. The van der Waals surface area contributed by atoms with Crippen molar-refractivity contribution in [2.45, 2.75) is 19.4 Å². The smallest absolute Gasteiger partial charge is 0.231 e. The van der Waals surface area contributed by atoms with Crippen molar-refractivity contribution < 1.29 is 14.6 Å². The molecule has 4 heteroatoms. The molecule has 2 atom stereocenters. The van der Waals surface area contributed by atoms with Gasteiger partial charge in [0.25, 0.3) is 0 Å². The van der Waals surface area contributed by atoms with Gasteiger partial charge >= 0.3 is 0 Å². The molecular weight excluding hydrogens is 206 g/mol. The van der Waals surface area contributed by atoms with Gasteiger partial charge in [-0.1, -0.05) is 13.0 Å². The van der Waals surface area contributed by atoms with Crippen molar-refractivity contribution in [3.63, 3.8) is 0 Å². The van der Waals surface area contributed by atoms with Crippen molar-refractivity contribution in [3.8, 4) is 17.6 Å². The molecule has 16 heavy (non-hydrogen) atoms. The van der Waals surface area contributed by atoms with Crippen molar-refractivity contribution in [1.29, 1.82) is 5.26 Å². The molecule has 1 heterocycles. The van der Waals surface area contributed by atoms with E-state index in [1.165, 1.54) is 0 Å². The Balaban J connectivity index is 2.18. The Bertz CT molecular complexity index is 425. The van der Waals surface area contributed by atoms with Gasteiger partial charge in [0.1, 0.15) is 0 Å². The number of rotatable bonds is 3. The molecule has 0 aromatic heterocycles. The first-order valence-electron chi connectivity index (χ1n) is 5.17. The molecule has 1 aliphatic heterocycles. The highest BCUT2D eigenvalue weighted by molar-refractivity contribution is 5.45. The highest BCUT2D eigenvalue weighted by Gasteiger charge is 2.20. The summed E-state index contributed by atoms with van der Waals surface area (Å²) in [5, 5.41) is 18.6. The molecule has 84 valence electrons. The average Bonchev–Trinajstić information content (AvgIpc) is 2.75. The van der Waals surface area contributed by atoms with Gasteiger partial charge < -0.3 is 14.6 Å². The SMILES string of the molecule is CC(CC#N)C(O)c1ccc2c(c1)OCO2. The van der Waals surface area contributed by atoms with Gasteiger partial charge in [0.15, 0.2) is 11.5 Å². The van der Waals surface area contributed by atoms with Crippen LogP contribution in [0.1, 0.15) is 25.0 Å². The van der Waals surface area contributed by atoms with E-state index in [9.17, 15) is 5.11 Å². The molecule has 0 amide bonds. The van der Waals surface area contributed by atoms with Gasteiger partial charge in [0.2, 0.25) is 6.79 Å². The maximum atomic E-state index is 10.0. The lowest BCUT2D eigenvalue weighted by atomic mass is 9.95. The fourth-order valence-electron chi connectivity index (χ4n) is 1.68. The minimum atomic E-state index is -0.644. The lowest BCUT2D eigenvalue weighted by molar-refractivity contribution is 0.119. The minimum absolute atomic E-state index is 0.0922. The van der Waals surface area contributed by atoms with Crippen LogP contribution in [0, 0.1) is 17.2 Å². The number of fused-ring (bicyclic) bond motifs is 1. The van der Waals surface area contributed by atoms with Crippen molar-refractivity contribution in [1.82, 2.24) is 0 Å². The lowest BCUT2D eigenvalue weighted by Gasteiger charge is -2.16. The van der Waals surface area contributed by atoms with Crippen LogP contribution in [-0.2, 0) is 0 Å². The number of nitriles is 1. The van der Waals surface area contributed by atoms with E-state index in [1.807, 2.05) is 6.92 Å². The third-order valence-corrected chi connectivity index (χ3v) is 2.69. The summed E-state index contributed by atoms with van der Waals surface area (Å²) in [4.78, 5) is 0.